The summed E-state index contributed by atoms with van der Waals surface area (Å²) < 4.78 is 11.5. The zero-order chi connectivity index (χ0) is 36.0. The van der Waals surface area contributed by atoms with Gasteiger partial charge in [0.15, 0.2) is 0 Å². The van der Waals surface area contributed by atoms with Crippen molar-refractivity contribution >= 4 is 76.3 Å². The van der Waals surface area contributed by atoms with E-state index in [2.05, 4.69) is 191 Å². The number of rotatable bonds is 4. The minimum absolute atomic E-state index is 0.300. The average molecular weight is 703 g/mol. The molecular formula is C52H34N2O. The third-order valence-electron chi connectivity index (χ3n) is 11.8. The van der Waals surface area contributed by atoms with Crippen molar-refractivity contribution in [2.75, 3.05) is 0 Å². The summed E-state index contributed by atoms with van der Waals surface area (Å²) in [5.41, 5.74) is 12.6. The smallest absolute Gasteiger partial charge is 0.143 e. The van der Waals surface area contributed by atoms with Crippen LogP contribution in [0.2, 0.25) is 0 Å². The third-order valence-corrected chi connectivity index (χ3v) is 11.8. The Kier molecular flexibility index (Phi) is 6.46. The number of allylic oxidation sites excluding steroid dienone is 4. The van der Waals surface area contributed by atoms with Gasteiger partial charge in [-0.3, -0.25) is 0 Å². The second kappa shape index (κ2) is 11.7. The minimum atomic E-state index is 0.300. The van der Waals surface area contributed by atoms with Crippen molar-refractivity contribution < 1.29 is 4.42 Å². The summed E-state index contributed by atoms with van der Waals surface area (Å²) in [5.74, 6) is 0. The Morgan fingerprint density at radius 2 is 1.07 bits per heavy atom. The number of furan rings is 1. The van der Waals surface area contributed by atoms with E-state index in [-0.39, 0.29) is 0 Å². The monoisotopic (exact) mass is 702 g/mol. The second-order valence-corrected chi connectivity index (χ2v) is 14.8. The molecule has 11 aromatic rings. The highest BCUT2D eigenvalue weighted by Crippen LogP contribution is 2.42. The van der Waals surface area contributed by atoms with Crippen molar-refractivity contribution in [2.24, 2.45) is 0 Å². The van der Waals surface area contributed by atoms with Gasteiger partial charge in [0.25, 0.3) is 0 Å². The molecule has 0 amide bonds. The minimum Gasteiger partial charge on any atom is -0.455 e. The molecule has 12 rings (SSSR count). The number of hydrogen-bond donors (Lipinski definition) is 0. The van der Waals surface area contributed by atoms with E-state index >= 15 is 0 Å². The van der Waals surface area contributed by atoms with E-state index in [0.717, 1.165) is 39.5 Å². The molecule has 0 spiro atoms. The van der Waals surface area contributed by atoms with Gasteiger partial charge < -0.3 is 13.6 Å². The van der Waals surface area contributed by atoms with Crippen molar-refractivity contribution in [2.45, 2.75) is 12.5 Å². The van der Waals surface area contributed by atoms with E-state index in [4.69, 9.17) is 4.42 Å². The molecule has 0 aliphatic heterocycles. The van der Waals surface area contributed by atoms with Crippen LogP contribution in [-0.2, 0) is 0 Å². The molecule has 1 unspecified atom stereocenters. The molecule has 0 N–H and O–H groups in total. The van der Waals surface area contributed by atoms with Crippen molar-refractivity contribution in [1.29, 1.82) is 0 Å². The SMILES string of the molecule is C1=CCC(n2c3ccccc3c3cc(-c4ccc5c(c4)c4cc(-c6cccc7c6oc6ccccc67)ccc4n5-c4cccc5ccccc45)ccc32)C=C1. The molecule has 3 heterocycles. The standard InChI is InChI=1S/C52H34N2O/c1-2-14-37(15-3-1)53-47-21-8-6-17-40(47)43-30-34(24-27-48(43)53)35-25-28-49-44(31-35)45-32-36(39-19-11-20-42-41-18-7-9-23-51(41)55-52(39)42)26-29-50(45)54(49)46-22-10-13-33-12-4-5-16-38(33)46/h1-14,16-32,37H,15H2. The first-order valence-electron chi connectivity index (χ1n) is 19.1. The van der Waals surface area contributed by atoms with Gasteiger partial charge in [-0.1, -0.05) is 133 Å². The molecular weight excluding hydrogens is 669 g/mol. The first kappa shape index (κ1) is 30.4. The lowest BCUT2D eigenvalue weighted by molar-refractivity contribution is 0.648. The van der Waals surface area contributed by atoms with Crippen LogP contribution < -0.4 is 0 Å². The lowest BCUT2D eigenvalue weighted by atomic mass is 9.98. The molecule has 3 aromatic heterocycles. The van der Waals surface area contributed by atoms with E-state index in [9.17, 15) is 0 Å². The maximum absolute atomic E-state index is 6.53. The predicted molar refractivity (Wildman–Crippen MR) is 231 cm³/mol. The van der Waals surface area contributed by atoms with Crippen LogP contribution in [0.25, 0.3) is 104 Å². The summed E-state index contributed by atoms with van der Waals surface area (Å²) in [4.78, 5) is 0. The van der Waals surface area contributed by atoms with Crippen molar-refractivity contribution in [3.05, 3.63) is 188 Å². The van der Waals surface area contributed by atoms with Gasteiger partial charge >= 0.3 is 0 Å². The van der Waals surface area contributed by atoms with Crippen molar-refractivity contribution in [3.8, 4) is 27.9 Å². The van der Waals surface area contributed by atoms with E-state index in [1.165, 1.54) is 71.2 Å². The fourth-order valence-corrected chi connectivity index (χ4v) is 9.31. The Morgan fingerprint density at radius 3 is 1.89 bits per heavy atom. The number of fused-ring (bicyclic) bond motifs is 10. The molecule has 3 nitrogen and oxygen atoms in total. The van der Waals surface area contributed by atoms with Crippen molar-refractivity contribution in [1.82, 2.24) is 9.13 Å². The van der Waals surface area contributed by atoms with E-state index < -0.39 is 0 Å². The highest BCUT2D eigenvalue weighted by atomic mass is 16.3. The predicted octanol–water partition coefficient (Wildman–Crippen LogP) is 14.3. The van der Waals surface area contributed by atoms with E-state index in [1.807, 2.05) is 6.07 Å². The first-order valence-corrected chi connectivity index (χ1v) is 19.1. The normalized spacial score (nSPS) is 14.5. The van der Waals surface area contributed by atoms with E-state index in [1.54, 1.807) is 0 Å². The maximum atomic E-state index is 6.53. The van der Waals surface area contributed by atoms with Crippen LogP contribution in [0.15, 0.2) is 193 Å². The lowest BCUT2D eigenvalue weighted by Gasteiger charge is -2.18. The van der Waals surface area contributed by atoms with Gasteiger partial charge in [0.2, 0.25) is 0 Å². The maximum Gasteiger partial charge on any atom is 0.143 e. The molecule has 1 aliphatic carbocycles. The number of hydrogen-bond acceptors (Lipinski definition) is 1. The van der Waals surface area contributed by atoms with Crippen LogP contribution in [0.5, 0.6) is 0 Å². The summed E-state index contributed by atoms with van der Waals surface area (Å²) in [6, 6.07) is 60.3. The Balaban J connectivity index is 1.10. The van der Waals surface area contributed by atoms with Gasteiger partial charge in [0.05, 0.1) is 22.8 Å². The molecule has 1 atom stereocenters. The number of aromatic nitrogens is 2. The molecule has 8 aromatic carbocycles. The zero-order valence-electron chi connectivity index (χ0n) is 30.0. The fourth-order valence-electron chi connectivity index (χ4n) is 9.31. The Hall–Kier alpha value is -7.10. The largest absolute Gasteiger partial charge is 0.455 e. The third kappa shape index (κ3) is 4.50. The molecule has 0 fully saturated rings. The van der Waals surface area contributed by atoms with Crippen LogP contribution >= 0.6 is 0 Å². The van der Waals surface area contributed by atoms with Crippen LogP contribution in [0.3, 0.4) is 0 Å². The van der Waals surface area contributed by atoms with Crippen LogP contribution in [0.1, 0.15) is 12.5 Å². The summed E-state index contributed by atoms with van der Waals surface area (Å²) >= 11 is 0. The van der Waals surface area contributed by atoms with E-state index in [0.29, 0.717) is 6.04 Å². The molecule has 0 saturated carbocycles. The summed E-state index contributed by atoms with van der Waals surface area (Å²) in [5, 5.41) is 9.76. The number of nitrogens with zero attached hydrogens (tertiary/aromatic N) is 2. The van der Waals surface area contributed by atoms with Crippen LogP contribution in [0.4, 0.5) is 0 Å². The van der Waals surface area contributed by atoms with Gasteiger partial charge in [-0.25, -0.2) is 0 Å². The molecule has 258 valence electrons. The highest BCUT2D eigenvalue weighted by Gasteiger charge is 2.20. The molecule has 55 heavy (non-hydrogen) atoms. The molecule has 3 heteroatoms. The lowest BCUT2D eigenvalue weighted by Crippen LogP contribution is -2.06. The average Bonchev–Trinajstić information content (AvgIpc) is 3.91. The molecule has 1 aliphatic rings. The fraction of sp³-hybridized carbons (Fsp3) is 0.0385. The Bertz CT molecular complexity index is 3420. The van der Waals surface area contributed by atoms with Gasteiger partial charge in [-0.05, 0) is 83.1 Å². The molecule has 0 radical (unpaired) electrons. The first-order chi connectivity index (χ1) is 27.3. The summed E-state index contributed by atoms with van der Waals surface area (Å²) in [6.45, 7) is 0. The van der Waals surface area contributed by atoms with Gasteiger partial charge in [-0.15, -0.1) is 0 Å². The van der Waals surface area contributed by atoms with Crippen LogP contribution in [0, 0.1) is 0 Å². The summed E-state index contributed by atoms with van der Waals surface area (Å²) in [6.07, 6.45) is 9.92. The van der Waals surface area contributed by atoms with Crippen LogP contribution in [-0.4, -0.2) is 9.13 Å². The quantitative estimate of drug-likeness (QED) is 0.179. The Labute approximate surface area is 317 Å². The number of benzene rings is 8. The second-order valence-electron chi connectivity index (χ2n) is 14.8. The Morgan fingerprint density at radius 1 is 0.455 bits per heavy atom. The van der Waals surface area contributed by atoms with Gasteiger partial charge in [0.1, 0.15) is 11.2 Å². The molecule has 0 saturated heterocycles. The van der Waals surface area contributed by atoms with Gasteiger partial charge in [0, 0.05) is 54.3 Å². The zero-order valence-corrected chi connectivity index (χ0v) is 30.0. The van der Waals surface area contributed by atoms with Gasteiger partial charge in [-0.2, -0.15) is 0 Å². The summed E-state index contributed by atoms with van der Waals surface area (Å²) in [7, 11) is 0. The highest BCUT2D eigenvalue weighted by molar-refractivity contribution is 6.15. The topological polar surface area (TPSA) is 23.0 Å². The van der Waals surface area contributed by atoms with Crippen molar-refractivity contribution in [3.63, 3.8) is 0 Å². The number of para-hydroxylation sites is 3. The molecule has 0 bridgehead atoms.